The molecule has 1 rings (SSSR count). The Morgan fingerprint density at radius 1 is 1.17 bits per heavy atom. The number of sulfone groups is 1. The molecule has 2 atom stereocenters. The number of carbonyl (C=O) groups is 2. The van der Waals surface area contributed by atoms with E-state index in [4.69, 9.17) is 5.11 Å². The lowest BCUT2D eigenvalue weighted by Crippen LogP contribution is -2.43. The predicted octanol–water partition coefficient (Wildman–Crippen LogP) is 1.99. The van der Waals surface area contributed by atoms with Crippen molar-refractivity contribution < 1.29 is 27.5 Å². The summed E-state index contributed by atoms with van der Waals surface area (Å²) in [5, 5.41) is 10.4. The summed E-state index contributed by atoms with van der Waals surface area (Å²) in [6, 6.07) is 3.28. The number of rotatable bonds is 8. The fraction of sp³-hybridized carbons (Fsp3) is 0.500. The lowest BCUT2D eigenvalue weighted by molar-refractivity contribution is -0.142. The van der Waals surface area contributed by atoms with Gasteiger partial charge in [0.25, 0.3) is 0 Å². The van der Waals surface area contributed by atoms with E-state index in [2.05, 4.69) is 5.32 Å². The van der Waals surface area contributed by atoms with Gasteiger partial charge in [-0.15, -0.1) is 0 Å². The van der Waals surface area contributed by atoms with Crippen LogP contribution in [-0.4, -0.2) is 36.7 Å². The van der Waals surface area contributed by atoms with Gasteiger partial charge in [-0.3, -0.25) is 4.79 Å². The number of nitrogens with one attached hydrogen (secondary N) is 1. The van der Waals surface area contributed by atoms with Crippen LogP contribution in [0.15, 0.2) is 29.2 Å². The molecular formula is C16H22FNO5S. The third-order valence-corrected chi connectivity index (χ3v) is 5.64. The van der Waals surface area contributed by atoms with Crippen LogP contribution in [0.3, 0.4) is 0 Å². The first-order valence-corrected chi connectivity index (χ1v) is 9.10. The molecule has 0 saturated carbocycles. The molecule has 0 bridgehead atoms. The first kappa shape index (κ1) is 20.1. The van der Waals surface area contributed by atoms with Gasteiger partial charge < -0.3 is 10.4 Å². The number of amides is 1. The second-order valence-electron chi connectivity index (χ2n) is 6.10. The number of hydrogen-bond acceptors (Lipinski definition) is 4. The van der Waals surface area contributed by atoms with Crippen LogP contribution in [0.4, 0.5) is 4.39 Å². The molecule has 6 nitrogen and oxygen atoms in total. The number of hydrogen-bond donors (Lipinski definition) is 2. The molecule has 0 radical (unpaired) electrons. The third kappa shape index (κ3) is 5.59. The molecule has 134 valence electrons. The second-order valence-corrected chi connectivity index (χ2v) is 8.47. The SMILES string of the molecule is CC(C)C[C@@H](NC(=O)CC(C)S(=O)(=O)c1ccc(F)cc1)C(=O)O. The van der Waals surface area contributed by atoms with E-state index in [0.29, 0.717) is 0 Å². The predicted molar refractivity (Wildman–Crippen MR) is 86.7 cm³/mol. The monoisotopic (exact) mass is 359 g/mol. The Labute approximate surface area is 141 Å². The summed E-state index contributed by atoms with van der Waals surface area (Å²) in [6.07, 6.45) is -0.123. The van der Waals surface area contributed by atoms with Crippen molar-refractivity contribution in [2.45, 2.75) is 49.8 Å². The molecule has 0 fully saturated rings. The molecule has 0 aliphatic heterocycles. The Bertz CT molecular complexity index is 685. The topological polar surface area (TPSA) is 101 Å². The number of halogens is 1. The van der Waals surface area contributed by atoms with Gasteiger partial charge in [-0.1, -0.05) is 13.8 Å². The first-order chi connectivity index (χ1) is 11.0. The summed E-state index contributed by atoms with van der Waals surface area (Å²) < 4.78 is 37.6. The molecule has 0 aliphatic rings. The Balaban J connectivity index is 2.78. The van der Waals surface area contributed by atoms with Crippen molar-refractivity contribution in [2.75, 3.05) is 0 Å². The van der Waals surface area contributed by atoms with Gasteiger partial charge >= 0.3 is 5.97 Å². The number of carbonyl (C=O) groups excluding carboxylic acids is 1. The Hall–Kier alpha value is -1.96. The van der Waals surface area contributed by atoms with Crippen molar-refractivity contribution in [1.29, 1.82) is 0 Å². The maximum atomic E-state index is 12.9. The normalized spacial score (nSPS) is 14.2. The van der Waals surface area contributed by atoms with E-state index in [9.17, 15) is 22.4 Å². The van der Waals surface area contributed by atoms with E-state index < -0.39 is 38.8 Å². The molecule has 0 aliphatic carbocycles. The maximum Gasteiger partial charge on any atom is 0.326 e. The van der Waals surface area contributed by atoms with Crippen molar-refractivity contribution in [1.82, 2.24) is 5.32 Å². The van der Waals surface area contributed by atoms with Crippen molar-refractivity contribution in [3.05, 3.63) is 30.1 Å². The van der Waals surface area contributed by atoms with E-state index in [1.54, 1.807) is 0 Å². The summed E-state index contributed by atoms with van der Waals surface area (Å²) in [4.78, 5) is 23.0. The van der Waals surface area contributed by atoms with E-state index in [1.807, 2.05) is 13.8 Å². The van der Waals surface area contributed by atoms with Crippen LogP contribution in [0.2, 0.25) is 0 Å². The Kier molecular flexibility index (Phi) is 6.89. The average Bonchev–Trinajstić information content (AvgIpc) is 2.46. The summed E-state index contributed by atoms with van der Waals surface area (Å²) in [6.45, 7) is 5.00. The molecule has 24 heavy (non-hydrogen) atoms. The highest BCUT2D eigenvalue weighted by Gasteiger charge is 2.28. The summed E-state index contributed by atoms with van der Waals surface area (Å²) in [5.41, 5.74) is 0. The van der Waals surface area contributed by atoms with Crippen LogP contribution in [0.25, 0.3) is 0 Å². The highest BCUT2D eigenvalue weighted by molar-refractivity contribution is 7.92. The van der Waals surface area contributed by atoms with Crippen LogP contribution < -0.4 is 5.32 Å². The summed E-state index contributed by atoms with van der Waals surface area (Å²) in [5.74, 6) is -2.31. The summed E-state index contributed by atoms with van der Waals surface area (Å²) >= 11 is 0. The minimum absolute atomic E-state index is 0.0618. The van der Waals surface area contributed by atoms with Gasteiger partial charge in [0.05, 0.1) is 10.1 Å². The van der Waals surface area contributed by atoms with Crippen LogP contribution >= 0.6 is 0 Å². The van der Waals surface area contributed by atoms with Crippen LogP contribution in [0.5, 0.6) is 0 Å². The van der Waals surface area contributed by atoms with Gasteiger partial charge in [-0.2, -0.15) is 0 Å². The summed E-state index contributed by atoms with van der Waals surface area (Å²) in [7, 11) is -3.80. The third-order valence-electron chi connectivity index (χ3n) is 3.49. The molecule has 1 amide bonds. The lowest BCUT2D eigenvalue weighted by atomic mass is 10.0. The quantitative estimate of drug-likeness (QED) is 0.692. The molecule has 8 heteroatoms. The van der Waals surface area contributed by atoms with E-state index in [0.717, 1.165) is 24.3 Å². The molecule has 1 aromatic rings. The Morgan fingerprint density at radius 2 is 1.71 bits per heavy atom. The molecule has 2 N–H and O–H groups in total. The van der Waals surface area contributed by atoms with Gasteiger partial charge in [-0.05, 0) is 43.5 Å². The highest BCUT2D eigenvalue weighted by Crippen LogP contribution is 2.19. The fourth-order valence-electron chi connectivity index (χ4n) is 2.17. The first-order valence-electron chi connectivity index (χ1n) is 7.55. The van der Waals surface area contributed by atoms with Gasteiger partial charge in [0.2, 0.25) is 5.91 Å². The van der Waals surface area contributed by atoms with Gasteiger partial charge in [-0.25, -0.2) is 17.6 Å². The van der Waals surface area contributed by atoms with Crippen LogP contribution in [0.1, 0.15) is 33.6 Å². The van der Waals surface area contributed by atoms with Crippen LogP contribution in [-0.2, 0) is 19.4 Å². The zero-order valence-electron chi connectivity index (χ0n) is 13.8. The largest absolute Gasteiger partial charge is 0.480 e. The van der Waals surface area contributed by atoms with Crippen LogP contribution in [0, 0.1) is 11.7 Å². The average molecular weight is 359 g/mol. The smallest absolute Gasteiger partial charge is 0.326 e. The van der Waals surface area contributed by atoms with Crippen molar-refractivity contribution in [3.63, 3.8) is 0 Å². The zero-order valence-corrected chi connectivity index (χ0v) is 14.6. The molecule has 0 spiro atoms. The zero-order chi connectivity index (χ0) is 18.5. The standard InChI is InChI=1S/C16H22FNO5S/c1-10(2)8-14(16(20)21)18-15(19)9-11(3)24(22,23)13-6-4-12(17)5-7-13/h4-7,10-11,14H,8-9H2,1-3H3,(H,18,19)(H,20,21)/t11?,14-/m1/s1. The van der Waals surface area contributed by atoms with Gasteiger partial charge in [0.1, 0.15) is 11.9 Å². The highest BCUT2D eigenvalue weighted by atomic mass is 32.2. The minimum Gasteiger partial charge on any atom is -0.480 e. The Morgan fingerprint density at radius 3 is 2.17 bits per heavy atom. The molecule has 0 saturated heterocycles. The van der Waals surface area contributed by atoms with Gasteiger partial charge in [0, 0.05) is 6.42 Å². The van der Waals surface area contributed by atoms with E-state index >= 15 is 0 Å². The van der Waals surface area contributed by atoms with E-state index in [1.165, 1.54) is 6.92 Å². The van der Waals surface area contributed by atoms with Crippen molar-refractivity contribution in [2.24, 2.45) is 5.92 Å². The number of aliphatic carboxylic acids is 1. The van der Waals surface area contributed by atoms with Crippen molar-refractivity contribution >= 4 is 21.7 Å². The van der Waals surface area contributed by atoms with E-state index in [-0.39, 0.29) is 23.7 Å². The molecule has 1 aromatic carbocycles. The molecule has 0 heterocycles. The molecule has 0 aromatic heterocycles. The van der Waals surface area contributed by atoms with Crippen molar-refractivity contribution in [3.8, 4) is 0 Å². The number of carboxylic acids is 1. The molecular weight excluding hydrogens is 337 g/mol. The molecule has 1 unspecified atom stereocenters. The number of benzene rings is 1. The fourth-order valence-corrected chi connectivity index (χ4v) is 3.52. The number of carboxylic acid groups (broad SMARTS) is 1. The second kappa shape index (κ2) is 8.23. The lowest BCUT2D eigenvalue weighted by Gasteiger charge is -2.18. The maximum absolute atomic E-state index is 12.9. The van der Waals surface area contributed by atoms with Gasteiger partial charge in [0.15, 0.2) is 9.84 Å². The minimum atomic E-state index is -3.80.